The molecule has 3 rings (SSSR count). The Morgan fingerprint density at radius 1 is 1.25 bits per heavy atom. The van der Waals surface area contributed by atoms with Gasteiger partial charge >= 0.3 is 0 Å². The van der Waals surface area contributed by atoms with E-state index in [2.05, 4.69) is 36.0 Å². The number of furan rings is 1. The molecule has 1 saturated heterocycles. The number of aromatic nitrogens is 1. The number of hydrogen-bond acceptors (Lipinski definition) is 5. The minimum atomic E-state index is -0.179. The first-order valence-electron chi connectivity index (χ1n) is 9.91. The van der Waals surface area contributed by atoms with Crippen molar-refractivity contribution >= 4 is 5.91 Å². The van der Waals surface area contributed by atoms with Crippen LogP contribution in [0.25, 0.3) is 0 Å². The SMILES string of the molecule is Cc1oc(C(C)(C)C)c(CN2CCOCC2)c1C(=O)NC(C)c1ccncc1. The molecular formula is C22H31N3O3. The van der Waals surface area contributed by atoms with Crippen LogP contribution >= 0.6 is 0 Å². The van der Waals surface area contributed by atoms with Gasteiger partial charge < -0.3 is 14.5 Å². The largest absolute Gasteiger partial charge is 0.465 e. The van der Waals surface area contributed by atoms with E-state index in [1.165, 1.54) is 0 Å². The number of carbonyl (C=O) groups excluding carboxylic acids is 1. The number of nitrogens with zero attached hydrogens (tertiary/aromatic N) is 2. The highest BCUT2D eigenvalue weighted by Crippen LogP contribution is 2.34. The predicted molar refractivity (Wildman–Crippen MR) is 108 cm³/mol. The lowest BCUT2D eigenvalue weighted by molar-refractivity contribution is 0.0337. The molecule has 2 aromatic rings. The van der Waals surface area contributed by atoms with Gasteiger partial charge in [-0.05, 0) is 31.5 Å². The summed E-state index contributed by atoms with van der Waals surface area (Å²) >= 11 is 0. The number of morpholine rings is 1. The van der Waals surface area contributed by atoms with Crippen molar-refractivity contribution in [2.45, 2.75) is 52.6 Å². The molecule has 1 N–H and O–H groups in total. The first-order valence-corrected chi connectivity index (χ1v) is 9.91. The molecule has 6 heteroatoms. The van der Waals surface area contributed by atoms with Crippen molar-refractivity contribution in [3.8, 4) is 0 Å². The van der Waals surface area contributed by atoms with Gasteiger partial charge in [0.2, 0.25) is 0 Å². The summed E-state index contributed by atoms with van der Waals surface area (Å²) in [4.78, 5) is 19.6. The average Bonchev–Trinajstić information content (AvgIpc) is 2.99. The van der Waals surface area contributed by atoms with Crippen molar-refractivity contribution in [3.05, 3.63) is 52.7 Å². The third-order valence-electron chi connectivity index (χ3n) is 5.13. The minimum Gasteiger partial charge on any atom is -0.465 e. The van der Waals surface area contributed by atoms with Crippen molar-refractivity contribution in [3.63, 3.8) is 0 Å². The van der Waals surface area contributed by atoms with Crippen LogP contribution in [0, 0.1) is 6.92 Å². The molecule has 2 aromatic heterocycles. The average molecular weight is 386 g/mol. The fourth-order valence-electron chi connectivity index (χ4n) is 3.63. The minimum absolute atomic E-state index is 0.0932. The van der Waals surface area contributed by atoms with Gasteiger partial charge in [-0.3, -0.25) is 14.7 Å². The lowest BCUT2D eigenvalue weighted by Crippen LogP contribution is -2.37. The van der Waals surface area contributed by atoms with Crippen LogP contribution in [0.2, 0.25) is 0 Å². The summed E-state index contributed by atoms with van der Waals surface area (Å²) in [6.45, 7) is 14.1. The molecule has 0 bridgehead atoms. The zero-order valence-corrected chi connectivity index (χ0v) is 17.5. The van der Waals surface area contributed by atoms with Crippen molar-refractivity contribution < 1.29 is 13.9 Å². The summed E-state index contributed by atoms with van der Waals surface area (Å²) in [5, 5.41) is 3.13. The number of nitrogens with one attached hydrogen (secondary N) is 1. The van der Waals surface area contributed by atoms with Crippen LogP contribution in [0.4, 0.5) is 0 Å². The van der Waals surface area contributed by atoms with Crippen LogP contribution < -0.4 is 5.32 Å². The standard InChI is InChI=1S/C22H31N3O3/c1-15(17-6-8-23-9-7-17)24-21(26)19-16(2)28-20(22(3,4)5)18(19)14-25-10-12-27-13-11-25/h6-9,15H,10-14H2,1-5H3,(H,24,26). The van der Waals surface area contributed by atoms with Gasteiger partial charge in [-0.2, -0.15) is 0 Å². The monoisotopic (exact) mass is 385 g/mol. The van der Waals surface area contributed by atoms with E-state index < -0.39 is 0 Å². The summed E-state index contributed by atoms with van der Waals surface area (Å²) in [7, 11) is 0. The molecular weight excluding hydrogens is 354 g/mol. The number of rotatable bonds is 5. The zero-order chi connectivity index (χ0) is 20.3. The van der Waals surface area contributed by atoms with Gasteiger partial charge in [-0.1, -0.05) is 20.8 Å². The molecule has 0 aliphatic carbocycles. The van der Waals surface area contributed by atoms with E-state index in [-0.39, 0.29) is 17.4 Å². The van der Waals surface area contributed by atoms with Crippen LogP contribution in [0.3, 0.4) is 0 Å². The Morgan fingerprint density at radius 2 is 1.89 bits per heavy atom. The van der Waals surface area contributed by atoms with E-state index in [4.69, 9.17) is 9.15 Å². The quantitative estimate of drug-likeness (QED) is 0.852. The Labute approximate surface area is 167 Å². The normalized spacial score (nSPS) is 16.8. The molecule has 152 valence electrons. The molecule has 1 atom stereocenters. The van der Waals surface area contributed by atoms with Crippen molar-refractivity contribution in [1.29, 1.82) is 0 Å². The van der Waals surface area contributed by atoms with E-state index >= 15 is 0 Å². The summed E-state index contributed by atoms with van der Waals surface area (Å²) in [5.41, 5.74) is 2.50. The molecule has 0 radical (unpaired) electrons. The highest BCUT2D eigenvalue weighted by atomic mass is 16.5. The van der Waals surface area contributed by atoms with Gasteiger partial charge in [0, 0.05) is 43.0 Å². The maximum atomic E-state index is 13.2. The second-order valence-electron chi connectivity index (χ2n) is 8.46. The number of pyridine rings is 1. The summed E-state index contributed by atoms with van der Waals surface area (Å²) in [6.07, 6.45) is 3.48. The number of carbonyl (C=O) groups is 1. The molecule has 1 aliphatic rings. The van der Waals surface area contributed by atoms with Crippen molar-refractivity contribution in [1.82, 2.24) is 15.2 Å². The van der Waals surface area contributed by atoms with Crippen LogP contribution in [-0.4, -0.2) is 42.1 Å². The second kappa shape index (κ2) is 8.45. The van der Waals surface area contributed by atoms with Crippen LogP contribution in [0.1, 0.15) is 66.7 Å². The van der Waals surface area contributed by atoms with Gasteiger partial charge in [-0.25, -0.2) is 0 Å². The van der Waals surface area contributed by atoms with Gasteiger partial charge in [0.1, 0.15) is 11.5 Å². The molecule has 6 nitrogen and oxygen atoms in total. The number of hydrogen-bond donors (Lipinski definition) is 1. The van der Waals surface area contributed by atoms with E-state index in [1.807, 2.05) is 26.0 Å². The van der Waals surface area contributed by atoms with E-state index in [1.54, 1.807) is 12.4 Å². The Morgan fingerprint density at radius 3 is 2.50 bits per heavy atom. The van der Waals surface area contributed by atoms with E-state index in [0.717, 1.165) is 43.2 Å². The molecule has 1 fully saturated rings. The zero-order valence-electron chi connectivity index (χ0n) is 17.5. The molecule has 1 amide bonds. The third kappa shape index (κ3) is 4.62. The van der Waals surface area contributed by atoms with Gasteiger partial charge in [-0.15, -0.1) is 0 Å². The first-order chi connectivity index (χ1) is 13.3. The van der Waals surface area contributed by atoms with E-state index in [9.17, 15) is 4.79 Å². The Bertz CT molecular complexity index is 802. The fraction of sp³-hybridized carbons (Fsp3) is 0.545. The smallest absolute Gasteiger partial charge is 0.255 e. The molecule has 0 spiro atoms. The predicted octanol–water partition coefficient (Wildman–Crippen LogP) is 3.60. The third-order valence-corrected chi connectivity index (χ3v) is 5.13. The highest BCUT2D eigenvalue weighted by Gasteiger charge is 2.31. The van der Waals surface area contributed by atoms with Crippen LogP contribution in [0.15, 0.2) is 28.9 Å². The fourth-order valence-corrected chi connectivity index (χ4v) is 3.63. The van der Waals surface area contributed by atoms with Gasteiger partial charge in [0.25, 0.3) is 5.91 Å². The lowest BCUT2D eigenvalue weighted by Gasteiger charge is -2.28. The Kier molecular flexibility index (Phi) is 6.20. The maximum absolute atomic E-state index is 13.2. The molecule has 3 heterocycles. The molecule has 1 aliphatic heterocycles. The summed E-state index contributed by atoms with van der Waals surface area (Å²) in [6, 6.07) is 3.73. The van der Waals surface area contributed by atoms with E-state index in [0.29, 0.717) is 17.9 Å². The highest BCUT2D eigenvalue weighted by molar-refractivity contribution is 5.97. The van der Waals surface area contributed by atoms with Crippen LogP contribution in [-0.2, 0) is 16.7 Å². The first kappa shape index (κ1) is 20.6. The van der Waals surface area contributed by atoms with Crippen LogP contribution in [0.5, 0.6) is 0 Å². The Balaban J connectivity index is 1.90. The van der Waals surface area contributed by atoms with Crippen molar-refractivity contribution in [2.24, 2.45) is 0 Å². The maximum Gasteiger partial charge on any atom is 0.255 e. The lowest BCUT2D eigenvalue weighted by atomic mass is 9.88. The topological polar surface area (TPSA) is 67.6 Å². The number of amides is 1. The molecule has 0 aromatic carbocycles. The van der Waals surface area contributed by atoms with Crippen molar-refractivity contribution in [2.75, 3.05) is 26.3 Å². The number of ether oxygens (including phenoxy) is 1. The molecule has 28 heavy (non-hydrogen) atoms. The summed E-state index contributed by atoms with van der Waals surface area (Å²) < 4.78 is 11.6. The number of aryl methyl sites for hydroxylation is 1. The Hall–Kier alpha value is -2.18. The van der Waals surface area contributed by atoms with Gasteiger partial charge in [0.15, 0.2) is 0 Å². The second-order valence-corrected chi connectivity index (χ2v) is 8.46. The van der Waals surface area contributed by atoms with Gasteiger partial charge in [0.05, 0.1) is 24.8 Å². The summed E-state index contributed by atoms with van der Waals surface area (Å²) in [5.74, 6) is 1.47. The molecule has 0 saturated carbocycles. The molecule has 1 unspecified atom stereocenters.